The van der Waals surface area contributed by atoms with E-state index in [1.165, 1.54) is 12.1 Å². The van der Waals surface area contributed by atoms with Crippen LogP contribution >= 0.6 is 0 Å². The van der Waals surface area contributed by atoms with Crippen LogP contribution in [0.5, 0.6) is 0 Å². The quantitative estimate of drug-likeness (QED) is 0.905. The lowest BCUT2D eigenvalue weighted by Gasteiger charge is -2.15. The van der Waals surface area contributed by atoms with E-state index < -0.39 is 0 Å². The van der Waals surface area contributed by atoms with Crippen molar-refractivity contribution in [2.45, 2.75) is 19.5 Å². The first kappa shape index (κ1) is 13.3. The molecule has 0 saturated carbocycles. The Kier molecular flexibility index (Phi) is 4.27. The van der Waals surface area contributed by atoms with Crippen molar-refractivity contribution in [3.63, 3.8) is 0 Å². The topological polar surface area (TPSA) is 35.8 Å². The number of benzene rings is 2. The van der Waals surface area contributed by atoms with Crippen LogP contribution in [0.2, 0.25) is 0 Å². The molecule has 0 aliphatic carbocycles. The Morgan fingerprint density at radius 2 is 2.00 bits per heavy atom. The van der Waals surface area contributed by atoms with Gasteiger partial charge in [0, 0.05) is 12.6 Å². The Balaban J connectivity index is 2.05. The maximum Gasteiger partial charge on any atom is 0.123 e. The van der Waals surface area contributed by atoms with E-state index in [2.05, 4.69) is 11.4 Å². The van der Waals surface area contributed by atoms with Gasteiger partial charge < -0.3 is 5.32 Å². The average molecular weight is 254 g/mol. The molecular formula is C16H15FN2. The summed E-state index contributed by atoms with van der Waals surface area (Å²) in [5.74, 6) is -0.233. The minimum Gasteiger partial charge on any atom is -0.306 e. The third kappa shape index (κ3) is 3.40. The van der Waals surface area contributed by atoms with Gasteiger partial charge in [0.25, 0.3) is 0 Å². The number of hydrogen-bond acceptors (Lipinski definition) is 2. The van der Waals surface area contributed by atoms with Gasteiger partial charge in [0.2, 0.25) is 0 Å². The summed E-state index contributed by atoms with van der Waals surface area (Å²) < 4.78 is 13.1. The van der Waals surface area contributed by atoms with Crippen molar-refractivity contribution >= 4 is 0 Å². The Morgan fingerprint density at radius 3 is 2.74 bits per heavy atom. The second kappa shape index (κ2) is 6.12. The first-order chi connectivity index (χ1) is 9.20. The summed E-state index contributed by atoms with van der Waals surface area (Å²) in [6.07, 6.45) is 0. The molecule has 2 nitrogen and oxygen atoms in total. The van der Waals surface area contributed by atoms with Crippen molar-refractivity contribution in [3.8, 4) is 6.07 Å². The highest BCUT2D eigenvalue weighted by atomic mass is 19.1. The molecule has 0 amide bonds. The normalized spacial score (nSPS) is 11.8. The number of rotatable bonds is 4. The molecule has 0 bridgehead atoms. The van der Waals surface area contributed by atoms with E-state index in [4.69, 9.17) is 5.26 Å². The van der Waals surface area contributed by atoms with Gasteiger partial charge in [-0.3, -0.25) is 0 Å². The van der Waals surface area contributed by atoms with Gasteiger partial charge in [-0.15, -0.1) is 0 Å². The molecule has 0 unspecified atom stereocenters. The van der Waals surface area contributed by atoms with Crippen LogP contribution in [-0.4, -0.2) is 0 Å². The van der Waals surface area contributed by atoms with E-state index in [0.29, 0.717) is 12.1 Å². The molecule has 3 heteroatoms. The smallest absolute Gasteiger partial charge is 0.123 e. The molecule has 1 N–H and O–H groups in total. The minimum atomic E-state index is -0.233. The molecule has 96 valence electrons. The number of hydrogen-bond donors (Lipinski definition) is 1. The summed E-state index contributed by atoms with van der Waals surface area (Å²) in [6, 6.07) is 16.2. The first-order valence-electron chi connectivity index (χ1n) is 6.17. The summed E-state index contributed by atoms with van der Waals surface area (Å²) in [5, 5.41) is 12.3. The lowest BCUT2D eigenvalue weighted by Crippen LogP contribution is -2.18. The predicted molar refractivity (Wildman–Crippen MR) is 72.8 cm³/mol. The molecule has 0 radical (unpaired) electrons. The third-order valence-corrected chi connectivity index (χ3v) is 3.09. The van der Waals surface area contributed by atoms with Crippen LogP contribution < -0.4 is 5.32 Å². The summed E-state index contributed by atoms with van der Waals surface area (Å²) in [6.45, 7) is 2.56. The summed E-state index contributed by atoms with van der Waals surface area (Å²) in [4.78, 5) is 0. The van der Waals surface area contributed by atoms with Gasteiger partial charge in [-0.05, 0) is 36.2 Å². The highest BCUT2D eigenvalue weighted by Gasteiger charge is 2.07. The van der Waals surface area contributed by atoms with E-state index in [-0.39, 0.29) is 11.9 Å². The second-order valence-electron chi connectivity index (χ2n) is 4.43. The zero-order valence-corrected chi connectivity index (χ0v) is 10.7. The SMILES string of the molecule is C[C@H](NCc1ccccc1C#N)c1cccc(F)c1. The number of nitrogens with one attached hydrogen (secondary N) is 1. The molecule has 0 spiro atoms. The summed E-state index contributed by atoms with van der Waals surface area (Å²) in [5.41, 5.74) is 2.52. The van der Waals surface area contributed by atoms with E-state index >= 15 is 0 Å². The molecule has 0 aliphatic heterocycles. The maximum atomic E-state index is 13.1. The fourth-order valence-electron chi connectivity index (χ4n) is 1.94. The fourth-order valence-corrected chi connectivity index (χ4v) is 1.94. The Bertz CT molecular complexity index is 602. The predicted octanol–water partition coefficient (Wildman–Crippen LogP) is 3.55. The number of nitriles is 1. The third-order valence-electron chi connectivity index (χ3n) is 3.09. The number of halogens is 1. The van der Waals surface area contributed by atoms with Crippen LogP contribution in [0, 0.1) is 17.1 Å². The largest absolute Gasteiger partial charge is 0.306 e. The molecule has 0 saturated heterocycles. The van der Waals surface area contributed by atoms with E-state index in [1.54, 1.807) is 12.1 Å². The molecule has 1 atom stereocenters. The van der Waals surface area contributed by atoms with Crippen LogP contribution in [-0.2, 0) is 6.54 Å². The van der Waals surface area contributed by atoms with Gasteiger partial charge in [0.05, 0.1) is 11.6 Å². The second-order valence-corrected chi connectivity index (χ2v) is 4.43. The van der Waals surface area contributed by atoms with Gasteiger partial charge >= 0.3 is 0 Å². The number of nitrogens with zero attached hydrogens (tertiary/aromatic N) is 1. The van der Waals surface area contributed by atoms with Crippen molar-refractivity contribution < 1.29 is 4.39 Å². The lowest BCUT2D eigenvalue weighted by molar-refractivity contribution is 0.564. The van der Waals surface area contributed by atoms with Crippen molar-refractivity contribution in [1.82, 2.24) is 5.32 Å². The zero-order valence-electron chi connectivity index (χ0n) is 10.7. The zero-order chi connectivity index (χ0) is 13.7. The molecule has 2 rings (SSSR count). The average Bonchev–Trinajstić information content (AvgIpc) is 2.45. The molecule has 2 aromatic carbocycles. The minimum absolute atomic E-state index is 0.0300. The van der Waals surface area contributed by atoms with Crippen LogP contribution in [0.1, 0.15) is 29.7 Å². The lowest BCUT2D eigenvalue weighted by atomic mass is 10.1. The Labute approximate surface area is 112 Å². The molecule has 2 aromatic rings. The van der Waals surface area contributed by atoms with E-state index in [1.807, 2.05) is 31.2 Å². The van der Waals surface area contributed by atoms with Crippen LogP contribution in [0.3, 0.4) is 0 Å². The highest BCUT2D eigenvalue weighted by Crippen LogP contribution is 2.15. The monoisotopic (exact) mass is 254 g/mol. The summed E-state index contributed by atoms with van der Waals surface area (Å²) in [7, 11) is 0. The summed E-state index contributed by atoms with van der Waals surface area (Å²) >= 11 is 0. The molecule has 0 aromatic heterocycles. The fraction of sp³-hybridized carbons (Fsp3) is 0.188. The van der Waals surface area contributed by atoms with Crippen LogP contribution in [0.25, 0.3) is 0 Å². The molecule has 0 aliphatic rings. The van der Waals surface area contributed by atoms with Crippen molar-refractivity contribution in [1.29, 1.82) is 5.26 Å². The van der Waals surface area contributed by atoms with Gasteiger partial charge in [0.1, 0.15) is 5.82 Å². The molecule has 0 fully saturated rings. The van der Waals surface area contributed by atoms with Gasteiger partial charge in [-0.1, -0.05) is 30.3 Å². The van der Waals surface area contributed by atoms with Crippen LogP contribution in [0.4, 0.5) is 4.39 Å². The highest BCUT2D eigenvalue weighted by molar-refractivity contribution is 5.37. The maximum absolute atomic E-state index is 13.1. The molecule has 19 heavy (non-hydrogen) atoms. The van der Waals surface area contributed by atoms with Crippen molar-refractivity contribution in [2.75, 3.05) is 0 Å². The molecule has 0 heterocycles. The molecular weight excluding hydrogens is 239 g/mol. The Morgan fingerprint density at radius 1 is 1.21 bits per heavy atom. The van der Waals surface area contributed by atoms with Crippen molar-refractivity contribution in [2.24, 2.45) is 0 Å². The Hall–Kier alpha value is -2.18. The van der Waals surface area contributed by atoms with Gasteiger partial charge in [0.15, 0.2) is 0 Å². The van der Waals surface area contributed by atoms with E-state index in [9.17, 15) is 4.39 Å². The van der Waals surface area contributed by atoms with Crippen LogP contribution in [0.15, 0.2) is 48.5 Å². The van der Waals surface area contributed by atoms with Gasteiger partial charge in [-0.25, -0.2) is 4.39 Å². The first-order valence-corrected chi connectivity index (χ1v) is 6.17. The van der Waals surface area contributed by atoms with Gasteiger partial charge in [-0.2, -0.15) is 5.26 Å². The van der Waals surface area contributed by atoms with E-state index in [0.717, 1.165) is 11.1 Å². The standard InChI is InChI=1S/C16H15FN2/c1-12(13-7-4-8-16(17)9-13)19-11-15-6-3-2-5-14(15)10-18/h2-9,12,19H,11H2,1H3/t12-/m0/s1. The van der Waals surface area contributed by atoms with Crippen molar-refractivity contribution in [3.05, 3.63) is 71.0 Å².